The molecule has 0 saturated carbocycles. The Bertz CT molecular complexity index is 875. The molecule has 1 atom stereocenters. The highest BCUT2D eigenvalue weighted by atomic mass is 19.1. The second-order valence-corrected chi connectivity index (χ2v) is 6.22. The standard InChI is InChI=1S/C21H23FO5/c1-24-18-8-5-12(10-16(18)22)9-15-14-11-19(25-2)21(27-4)20(26-3)13(14)6-7-17(15)23/h5,8-11,17,23H,6-7H2,1-4H3/b15-9+/t17-/m0/s1. The minimum atomic E-state index is -0.675. The third kappa shape index (κ3) is 3.45. The number of fused-ring (bicyclic) bond motifs is 1. The summed E-state index contributed by atoms with van der Waals surface area (Å²) in [6.07, 6.45) is 2.26. The number of halogens is 1. The van der Waals surface area contributed by atoms with Crippen molar-refractivity contribution < 1.29 is 28.4 Å². The zero-order chi connectivity index (χ0) is 19.6. The average molecular weight is 374 g/mol. The third-order valence-electron chi connectivity index (χ3n) is 4.77. The molecule has 1 aliphatic rings. The Morgan fingerprint density at radius 3 is 2.26 bits per heavy atom. The van der Waals surface area contributed by atoms with Gasteiger partial charge in [-0.15, -0.1) is 0 Å². The quantitative estimate of drug-likeness (QED) is 0.865. The van der Waals surface area contributed by atoms with E-state index >= 15 is 0 Å². The molecule has 1 N–H and O–H groups in total. The van der Waals surface area contributed by atoms with Crippen molar-refractivity contribution in [1.82, 2.24) is 0 Å². The Hall–Kier alpha value is -2.73. The number of ether oxygens (including phenoxy) is 4. The molecule has 2 aromatic carbocycles. The molecule has 0 fully saturated rings. The SMILES string of the molecule is COc1ccc(/C=C2\c3cc(OC)c(OC)c(OC)c3CC[C@@H]2O)cc1F. The number of aliphatic hydroxyl groups is 1. The molecule has 144 valence electrons. The van der Waals surface area contributed by atoms with E-state index in [1.54, 1.807) is 39.5 Å². The molecule has 0 saturated heterocycles. The molecule has 0 heterocycles. The Balaban J connectivity index is 2.18. The summed E-state index contributed by atoms with van der Waals surface area (Å²) < 4.78 is 35.5. The lowest BCUT2D eigenvalue weighted by molar-refractivity contribution is 0.217. The second-order valence-electron chi connectivity index (χ2n) is 6.22. The van der Waals surface area contributed by atoms with E-state index in [4.69, 9.17) is 18.9 Å². The van der Waals surface area contributed by atoms with Crippen LogP contribution in [0.15, 0.2) is 24.3 Å². The van der Waals surface area contributed by atoms with E-state index in [-0.39, 0.29) is 5.75 Å². The van der Waals surface area contributed by atoms with Gasteiger partial charge >= 0.3 is 0 Å². The minimum Gasteiger partial charge on any atom is -0.494 e. The molecule has 0 spiro atoms. The number of hydrogen-bond acceptors (Lipinski definition) is 5. The van der Waals surface area contributed by atoms with Gasteiger partial charge in [0.1, 0.15) is 0 Å². The van der Waals surface area contributed by atoms with Gasteiger partial charge < -0.3 is 24.1 Å². The highest BCUT2D eigenvalue weighted by Crippen LogP contribution is 2.47. The van der Waals surface area contributed by atoms with Crippen molar-refractivity contribution in [1.29, 1.82) is 0 Å². The van der Waals surface area contributed by atoms with Crippen LogP contribution >= 0.6 is 0 Å². The van der Waals surface area contributed by atoms with Gasteiger partial charge in [0.05, 0.1) is 34.5 Å². The number of hydrogen-bond donors (Lipinski definition) is 1. The van der Waals surface area contributed by atoms with Gasteiger partial charge in [0.15, 0.2) is 23.1 Å². The molecule has 27 heavy (non-hydrogen) atoms. The van der Waals surface area contributed by atoms with Gasteiger partial charge in [-0.05, 0) is 53.8 Å². The lowest BCUT2D eigenvalue weighted by Crippen LogP contribution is -2.19. The minimum absolute atomic E-state index is 0.176. The lowest BCUT2D eigenvalue weighted by Gasteiger charge is -2.28. The Morgan fingerprint density at radius 2 is 1.67 bits per heavy atom. The summed E-state index contributed by atoms with van der Waals surface area (Å²) in [5.41, 5.74) is 3.05. The molecule has 0 aromatic heterocycles. The summed E-state index contributed by atoms with van der Waals surface area (Å²) in [4.78, 5) is 0. The molecule has 0 amide bonds. The predicted molar refractivity (Wildman–Crippen MR) is 101 cm³/mol. The maximum absolute atomic E-state index is 14.1. The maximum atomic E-state index is 14.1. The monoisotopic (exact) mass is 374 g/mol. The van der Waals surface area contributed by atoms with Crippen molar-refractivity contribution in [2.45, 2.75) is 18.9 Å². The fourth-order valence-electron chi connectivity index (χ4n) is 3.46. The first-order chi connectivity index (χ1) is 13.0. The first-order valence-electron chi connectivity index (χ1n) is 8.59. The summed E-state index contributed by atoms with van der Waals surface area (Å²) in [6.45, 7) is 0. The summed E-state index contributed by atoms with van der Waals surface area (Å²) >= 11 is 0. The molecule has 0 radical (unpaired) electrons. The van der Waals surface area contributed by atoms with Crippen LogP contribution in [0.3, 0.4) is 0 Å². The van der Waals surface area contributed by atoms with Crippen LogP contribution in [0.4, 0.5) is 4.39 Å². The van der Waals surface area contributed by atoms with Crippen LogP contribution in [0, 0.1) is 5.82 Å². The summed E-state index contributed by atoms with van der Waals surface area (Å²) in [7, 11) is 6.10. The third-order valence-corrected chi connectivity index (χ3v) is 4.77. The van der Waals surface area contributed by atoms with Gasteiger partial charge in [-0.1, -0.05) is 6.07 Å². The Morgan fingerprint density at radius 1 is 0.963 bits per heavy atom. The largest absolute Gasteiger partial charge is 0.494 e. The molecule has 5 nitrogen and oxygen atoms in total. The van der Waals surface area contributed by atoms with Gasteiger partial charge in [-0.3, -0.25) is 0 Å². The van der Waals surface area contributed by atoms with E-state index in [9.17, 15) is 9.50 Å². The first kappa shape index (κ1) is 19.0. The van der Waals surface area contributed by atoms with E-state index in [2.05, 4.69) is 0 Å². The molecular weight excluding hydrogens is 351 g/mol. The molecule has 0 unspecified atom stereocenters. The predicted octanol–water partition coefficient (Wildman–Crippen LogP) is 3.71. The summed E-state index contributed by atoms with van der Waals surface area (Å²) in [5, 5.41) is 10.6. The van der Waals surface area contributed by atoms with E-state index in [0.717, 1.165) is 11.1 Å². The molecule has 0 bridgehead atoms. The van der Waals surface area contributed by atoms with Crippen LogP contribution in [-0.2, 0) is 6.42 Å². The number of methoxy groups -OCH3 is 4. The van der Waals surface area contributed by atoms with Gasteiger partial charge in [0, 0.05) is 5.56 Å². The molecule has 2 aromatic rings. The zero-order valence-corrected chi connectivity index (χ0v) is 15.8. The Kier molecular flexibility index (Phi) is 5.56. The van der Waals surface area contributed by atoms with Gasteiger partial charge in [0.2, 0.25) is 5.75 Å². The van der Waals surface area contributed by atoms with E-state index in [1.807, 2.05) is 6.07 Å². The fourth-order valence-corrected chi connectivity index (χ4v) is 3.46. The van der Waals surface area contributed by atoms with Crippen LogP contribution in [0.1, 0.15) is 23.1 Å². The van der Waals surface area contributed by atoms with Crippen LogP contribution < -0.4 is 18.9 Å². The van der Waals surface area contributed by atoms with Gasteiger partial charge in [0.25, 0.3) is 0 Å². The number of aliphatic hydroxyl groups excluding tert-OH is 1. The van der Waals surface area contributed by atoms with E-state index < -0.39 is 11.9 Å². The number of benzene rings is 2. The smallest absolute Gasteiger partial charge is 0.203 e. The van der Waals surface area contributed by atoms with Crippen molar-refractivity contribution in [3.05, 3.63) is 46.8 Å². The van der Waals surface area contributed by atoms with Crippen LogP contribution in [0.2, 0.25) is 0 Å². The molecule has 6 heteroatoms. The van der Waals surface area contributed by atoms with Gasteiger partial charge in [-0.25, -0.2) is 4.39 Å². The fraction of sp³-hybridized carbons (Fsp3) is 0.333. The Labute approximate surface area is 157 Å². The molecular formula is C21H23FO5. The maximum Gasteiger partial charge on any atom is 0.203 e. The lowest BCUT2D eigenvalue weighted by atomic mass is 9.83. The number of rotatable bonds is 5. The highest BCUT2D eigenvalue weighted by Gasteiger charge is 2.29. The van der Waals surface area contributed by atoms with Crippen molar-refractivity contribution in [2.75, 3.05) is 28.4 Å². The zero-order valence-electron chi connectivity index (χ0n) is 15.8. The van der Waals surface area contributed by atoms with Crippen molar-refractivity contribution >= 4 is 11.6 Å². The van der Waals surface area contributed by atoms with Crippen molar-refractivity contribution in [2.24, 2.45) is 0 Å². The van der Waals surface area contributed by atoms with Crippen molar-refractivity contribution in [3.8, 4) is 23.0 Å². The van der Waals surface area contributed by atoms with E-state index in [0.29, 0.717) is 41.2 Å². The van der Waals surface area contributed by atoms with Gasteiger partial charge in [-0.2, -0.15) is 0 Å². The first-order valence-corrected chi connectivity index (χ1v) is 8.59. The molecule has 0 aliphatic heterocycles. The summed E-state index contributed by atoms with van der Waals surface area (Å²) in [6, 6.07) is 6.51. The topological polar surface area (TPSA) is 57.2 Å². The van der Waals surface area contributed by atoms with Crippen molar-refractivity contribution in [3.63, 3.8) is 0 Å². The molecule has 1 aliphatic carbocycles. The summed E-state index contributed by atoms with van der Waals surface area (Å²) in [5.74, 6) is 1.33. The van der Waals surface area contributed by atoms with E-state index in [1.165, 1.54) is 13.2 Å². The van der Waals surface area contributed by atoms with Crippen LogP contribution in [0.5, 0.6) is 23.0 Å². The van der Waals surface area contributed by atoms with Crippen LogP contribution in [0.25, 0.3) is 11.6 Å². The molecule has 3 rings (SSSR count). The average Bonchev–Trinajstić information content (AvgIpc) is 2.68. The second kappa shape index (κ2) is 7.88. The normalized spacial score (nSPS) is 17.4. The highest BCUT2D eigenvalue weighted by molar-refractivity contribution is 5.88. The van der Waals surface area contributed by atoms with Crippen LogP contribution in [-0.4, -0.2) is 39.6 Å².